The summed E-state index contributed by atoms with van der Waals surface area (Å²) in [6.07, 6.45) is 4.03. The average Bonchev–Trinajstić information content (AvgIpc) is 2.84. The lowest BCUT2D eigenvalue weighted by molar-refractivity contribution is -0.116. The number of anilines is 1. The number of carbonyl (C=O) groups excluding carboxylic acids is 1. The minimum atomic E-state index is -4.06. The van der Waals surface area contributed by atoms with E-state index in [-0.39, 0.29) is 20.9 Å². The van der Waals surface area contributed by atoms with Gasteiger partial charge in [0.05, 0.1) is 28.5 Å². The number of methoxy groups -OCH3 is 1. The van der Waals surface area contributed by atoms with Crippen molar-refractivity contribution in [1.82, 2.24) is 8.61 Å². The highest BCUT2D eigenvalue weighted by Gasteiger charge is 2.34. The molecule has 0 unspecified atom stereocenters. The molecule has 0 atom stereocenters. The Morgan fingerprint density at radius 3 is 2.19 bits per heavy atom. The first-order valence-electron chi connectivity index (χ1n) is 11.6. The van der Waals surface area contributed by atoms with Crippen molar-refractivity contribution in [3.8, 4) is 5.75 Å². The number of benzene rings is 2. The van der Waals surface area contributed by atoms with E-state index in [1.54, 1.807) is 13.0 Å². The van der Waals surface area contributed by atoms with Gasteiger partial charge in [0.15, 0.2) is 0 Å². The number of sulfonamides is 2. The van der Waals surface area contributed by atoms with Gasteiger partial charge in [0.1, 0.15) is 5.75 Å². The van der Waals surface area contributed by atoms with Crippen molar-refractivity contribution in [2.24, 2.45) is 0 Å². The van der Waals surface area contributed by atoms with Gasteiger partial charge in [0.25, 0.3) is 0 Å². The van der Waals surface area contributed by atoms with Crippen LogP contribution in [0.4, 0.5) is 5.69 Å². The number of nitrogens with zero attached hydrogens (tertiary/aromatic N) is 2. The van der Waals surface area contributed by atoms with Crippen LogP contribution in [-0.4, -0.2) is 65.1 Å². The van der Waals surface area contributed by atoms with Crippen LogP contribution in [-0.2, 0) is 24.8 Å². The highest BCUT2D eigenvalue weighted by atomic mass is 35.5. The lowest BCUT2D eigenvalue weighted by atomic mass is 9.95. The first kappa shape index (κ1) is 28.4. The van der Waals surface area contributed by atoms with Gasteiger partial charge in [-0.15, -0.1) is 0 Å². The Morgan fingerprint density at radius 1 is 1.00 bits per heavy atom. The van der Waals surface area contributed by atoms with E-state index in [1.165, 1.54) is 55.8 Å². The molecule has 1 N–H and O–H groups in total. The summed E-state index contributed by atoms with van der Waals surface area (Å²) in [5, 5.41) is 2.86. The molecule has 1 aliphatic rings. The van der Waals surface area contributed by atoms with Gasteiger partial charge in [-0.25, -0.2) is 21.1 Å². The van der Waals surface area contributed by atoms with Gasteiger partial charge < -0.3 is 10.1 Å². The second-order valence-electron chi connectivity index (χ2n) is 8.95. The molecule has 2 aromatic carbocycles. The van der Waals surface area contributed by atoms with Crippen LogP contribution in [0, 0.1) is 6.92 Å². The van der Waals surface area contributed by atoms with Crippen LogP contribution < -0.4 is 10.1 Å². The normalized spacial score (nSPS) is 15.3. The van der Waals surface area contributed by atoms with Gasteiger partial charge >= 0.3 is 0 Å². The van der Waals surface area contributed by atoms with Gasteiger partial charge in [-0.05, 0) is 55.7 Å². The fraction of sp³-hybridized carbons (Fsp3) is 0.458. The molecule has 0 heterocycles. The molecule has 36 heavy (non-hydrogen) atoms. The lowest BCUT2D eigenvalue weighted by Crippen LogP contribution is -2.45. The first-order chi connectivity index (χ1) is 16.9. The van der Waals surface area contributed by atoms with Crippen molar-refractivity contribution in [2.75, 3.05) is 33.1 Å². The molecular formula is C24H32ClN3O6S2. The predicted molar refractivity (Wildman–Crippen MR) is 139 cm³/mol. The molecule has 0 bridgehead atoms. The fourth-order valence-electron chi connectivity index (χ4n) is 4.16. The second kappa shape index (κ2) is 11.5. The van der Waals surface area contributed by atoms with E-state index in [4.69, 9.17) is 16.3 Å². The van der Waals surface area contributed by atoms with Crippen molar-refractivity contribution < 1.29 is 26.4 Å². The summed E-state index contributed by atoms with van der Waals surface area (Å²) in [6, 6.07) is 8.32. The number of hydrogen-bond acceptors (Lipinski definition) is 6. The lowest BCUT2D eigenvalue weighted by Gasteiger charge is -2.33. The molecule has 0 aliphatic heterocycles. The summed E-state index contributed by atoms with van der Waals surface area (Å²) in [4.78, 5) is 13.1. The molecule has 198 valence electrons. The van der Waals surface area contributed by atoms with E-state index in [1.807, 2.05) is 0 Å². The average molecular weight is 558 g/mol. The van der Waals surface area contributed by atoms with E-state index in [9.17, 15) is 21.6 Å². The van der Waals surface area contributed by atoms with E-state index in [2.05, 4.69) is 5.32 Å². The topological polar surface area (TPSA) is 113 Å². The Morgan fingerprint density at radius 2 is 1.61 bits per heavy atom. The second-order valence-corrected chi connectivity index (χ2v) is 13.4. The zero-order valence-corrected chi connectivity index (χ0v) is 23.2. The highest BCUT2D eigenvalue weighted by molar-refractivity contribution is 7.89. The van der Waals surface area contributed by atoms with Crippen LogP contribution in [0.1, 0.15) is 37.7 Å². The number of carbonyl (C=O) groups is 1. The number of ether oxygens (including phenoxy) is 1. The first-order valence-corrected chi connectivity index (χ1v) is 14.8. The van der Waals surface area contributed by atoms with Gasteiger partial charge in [-0.2, -0.15) is 4.31 Å². The summed E-state index contributed by atoms with van der Waals surface area (Å²) < 4.78 is 59.8. The van der Waals surface area contributed by atoms with E-state index in [0.717, 1.165) is 23.6 Å². The summed E-state index contributed by atoms with van der Waals surface area (Å²) >= 11 is 6.19. The van der Waals surface area contributed by atoms with Crippen LogP contribution >= 0.6 is 11.6 Å². The molecular weight excluding hydrogens is 526 g/mol. The number of hydrogen-bond donors (Lipinski definition) is 1. The Bertz CT molecular complexity index is 1320. The number of rotatable bonds is 9. The fourth-order valence-corrected chi connectivity index (χ4v) is 7.08. The Balaban J connectivity index is 1.92. The Hall–Kier alpha value is -2.18. The smallest absolute Gasteiger partial charge is 0.243 e. The maximum Gasteiger partial charge on any atom is 0.243 e. The van der Waals surface area contributed by atoms with Crippen molar-refractivity contribution in [2.45, 2.75) is 54.9 Å². The number of amides is 1. The van der Waals surface area contributed by atoms with Gasteiger partial charge in [-0.3, -0.25) is 4.79 Å². The quantitative estimate of drug-likeness (QED) is 0.501. The molecule has 0 radical (unpaired) electrons. The van der Waals surface area contributed by atoms with Crippen LogP contribution in [0.5, 0.6) is 5.75 Å². The standard InChI is InChI=1S/C24H32ClN3O6S2/c1-17-10-11-20(35(30,31)27(2)3)15-22(17)26-24(29)16-28(18-8-6-5-7-9-18)36(32,33)19-12-13-23(34-4)21(25)14-19/h10-15,18H,5-9,16H2,1-4H3,(H,26,29). The summed E-state index contributed by atoms with van der Waals surface area (Å²) in [6.45, 7) is 1.32. The van der Waals surface area contributed by atoms with Crippen LogP contribution in [0.25, 0.3) is 0 Å². The molecule has 1 aliphatic carbocycles. The van der Waals surface area contributed by atoms with E-state index >= 15 is 0 Å². The minimum absolute atomic E-state index is 0.0260. The Labute approximate surface area is 218 Å². The summed E-state index contributed by atoms with van der Waals surface area (Å²) in [7, 11) is -3.48. The number of aryl methyl sites for hydroxylation is 1. The summed E-state index contributed by atoms with van der Waals surface area (Å²) in [5.41, 5.74) is 0.950. The van der Waals surface area contributed by atoms with Crippen molar-refractivity contribution in [3.05, 3.63) is 47.0 Å². The summed E-state index contributed by atoms with van der Waals surface area (Å²) in [5.74, 6) is -0.216. The van der Waals surface area contributed by atoms with Crippen molar-refractivity contribution >= 4 is 43.2 Å². The Kier molecular flexibility index (Phi) is 9.05. The molecule has 1 amide bonds. The van der Waals surface area contributed by atoms with Gasteiger partial charge in [0, 0.05) is 25.8 Å². The van der Waals surface area contributed by atoms with E-state index < -0.39 is 32.5 Å². The number of nitrogens with one attached hydrogen (secondary N) is 1. The molecule has 0 saturated heterocycles. The third kappa shape index (κ3) is 6.20. The van der Waals surface area contributed by atoms with Crippen LogP contribution in [0.15, 0.2) is 46.2 Å². The molecule has 3 rings (SSSR count). The van der Waals surface area contributed by atoms with Crippen LogP contribution in [0.2, 0.25) is 5.02 Å². The minimum Gasteiger partial charge on any atom is -0.495 e. The third-order valence-electron chi connectivity index (χ3n) is 6.27. The molecule has 0 aromatic heterocycles. The van der Waals surface area contributed by atoms with Crippen molar-refractivity contribution in [1.29, 1.82) is 0 Å². The maximum atomic E-state index is 13.7. The highest BCUT2D eigenvalue weighted by Crippen LogP contribution is 2.32. The van der Waals surface area contributed by atoms with Gasteiger partial charge in [-0.1, -0.05) is 36.9 Å². The van der Waals surface area contributed by atoms with Crippen LogP contribution in [0.3, 0.4) is 0 Å². The zero-order chi connectivity index (χ0) is 26.7. The molecule has 0 spiro atoms. The zero-order valence-electron chi connectivity index (χ0n) is 20.8. The van der Waals surface area contributed by atoms with Crippen molar-refractivity contribution in [3.63, 3.8) is 0 Å². The molecule has 1 fully saturated rings. The molecule has 12 heteroatoms. The largest absolute Gasteiger partial charge is 0.495 e. The SMILES string of the molecule is COc1ccc(S(=O)(=O)N(CC(=O)Nc2cc(S(=O)(=O)N(C)C)ccc2C)C2CCCCC2)cc1Cl. The molecule has 1 saturated carbocycles. The maximum absolute atomic E-state index is 13.7. The predicted octanol–water partition coefficient (Wildman–Crippen LogP) is 3.87. The molecule has 9 nitrogen and oxygen atoms in total. The third-order valence-corrected chi connectivity index (χ3v) is 10.3. The van der Waals surface area contributed by atoms with E-state index in [0.29, 0.717) is 29.8 Å². The van der Waals surface area contributed by atoms with Gasteiger partial charge in [0.2, 0.25) is 26.0 Å². The monoisotopic (exact) mass is 557 g/mol. The molecule has 2 aromatic rings. The number of halogens is 1.